The average Bonchev–Trinajstić information content (AvgIpc) is 2.82. The number of hydrogen-bond acceptors (Lipinski definition) is 1. The van der Waals surface area contributed by atoms with Crippen LogP contribution in [0.15, 0.2) is 71.3 Å². The van der Waals surface area contributed by atoms with Crippen molar-refractivity contribution in [2.24, 2.45) is 5.92 Å². The molecule has 0 saturated heterocycles. The van der Waals surface area contributed by atoms with Crippen molar-refractivity contribution in [2.75, 3.05) is 0 Å². The molecule has 3 rings (SSSR count). The second-order valence-corrected chi connectivity index (χ2v) is 8.28. The predicted molar refractivity (Wildman–Crippen MR) is 110 cm³/mol. The van der Waals surface area contributed by atoms with Crippen molar-refractivity contribution in [1.82, 2.24) is 0 Å². The van der Waals surface area contributed by atoms with Crippen molar-refractivity contribution in [3.63, 3.8) is 0 Å². The molecule has 1 atom stereocenters. The van der Waals surface area contributed by atoms with E-state index in [4.69, 9.17) is 0 Å². The third-order valence-corrected chi connectivity index (χ3v) is 4.19. The minimum absolute atomic E-state index is 0.307. The molecule has 0 fully saturated rings. The molecular formula is C24H29OTi. The Morgan fingerprint density at radius 2 is 1.46 bits per heavy atom. The first-order valence-corrected chi connectivity index (χ1v) is 9.64. The van der Waals surface area contributed by atoms with Crippen molar-refractivity contribution in [2.45, 2.75) is 41.5 Å². The number of rotatable bonds is 1. The van der Waals surface area contributed by atoms with Crippen LogP contribution in [0, 0.1) is 12.0 Å². The Kier molecular flexibility index (Phi) is 9.55. The molecule has 0 aromatic heterocycles. The van der Waals surface area contributed by atoms with E-state index in [1.165, 1.54) is 20.5 Å². The molecule has 1 aliphatic rings. The summed E-state index contributed by atoms with van der Waals surface area (Å²) < 4.78 is 1.42. The van der Waals surface area contributed by atoms with Gasteiger partial charge in [-0.2, -0.15) is 11.1 Å². The number of benzene rings is 2. The summed E-state index contributed by atoms with van der Waals surface area (Å²) >= 11 is 2.08. The Balaban J connectivity index is 0.000000227. The van der Waals surface area contributed by atoms with Crippen LogP contribution in [0.1, 0.15) is 41.5 Å². The van der Waals surface area contributed by atoms with Crippen molar-refractivity contribution in [3.05, 3.63) is 77.4 Å². The van der Waals surface area contributed by atoms with Gasteiger partial charge in [0.2, 0.25) is 0 Å². The Labute approximate surface area is 170 Å². The molecule has 1 N–H and O–H groups in total. The molecule has 26 heavy (non-hydrogen) atoms. The first kappa shape index (κ1) is 22.3. The van der Waals surface area contributed by atoms with Gasteiger partial charge in [0.1, 0.15) is 5.75 Å². The Morgan fingerprint density at radius 1 is 0.923 bits per heavy atom. The molecule has 0 heterocycles. The van der Waals surface area contributed by atoms with Gasteiger partial charge >= 0.3 is 37.6 Å². The van der Waals surface area contributed by atoms with E-state index in [2.05, 4.69) is 67.6 Å². The Morgan fingerprint density at radius 3 is 1.85 bits per heavy atom. The quantitative estimate of drug-likeness (QED) is 0.440. The van der Waals surface area contributed by atoms with Crippen LogP contribution in [-0.4, -0.2) is 8.92 Å². The monoisotopic (exact) mass is 381 g/mol. The Hall–Kier alpha value is -1.70. The summed E-state index contributed by atoms with van der Waals surface area (Å²) in [6.45, 7) is 12.8. The van der Waals surface area contributed by atoms with Crippen LogP contribution in [0.4, 0.5) is 0 Å². The largest absolute Gasteiger partial charge is 0.508 e. The molecule has 1 nitrogen and oxygen atoms in total. The molecule has 135 valence electrons. The van der Waals surface area contributed by atoms with Gasteiger partial charge in [0.25, 0.3) is 0 Å². The van der Waals surface area contributed by atoms with Crippen LogP contribution >= 0.6 is 0 Å². The molecule has 2 aromatic rings. The third kappa shape index (κ3) is 7.68. The summed E-state index contributed by atoms with van der Waals surface area (Å²) in [4.78, 5) is 0. The summed E-state index contributed by atoms with van der Waals surface area (Å²) in [6.07, 6.45) is 3.36. The standard InChI is InChI=1S/C12H10O.C9H13.C3H6.Ti/c13-12-8-4-7-11(9-12)10-5-2-1-3-6-10;1-6-5-7(2)9(4)8(6)3;1-3-2;/h1-9,13H;6H,1-4H3;1-2H3;/q;-1;;+1. The number of allylic oxidation sites excluding steroid dienone is 4. The number of aromatic hydroxyl groups is 1. The zero-order valence-corrected chi connectivity index (χ0v) is 18.3. The average molecular weight is 381 g/mol. The minimum Gasteiger partial charge on any atom is -0.508 e. The second-order valence-electron chi connectivity index (χ2n) is 6.72. The van der Waals surface area contributed by atoms with Gasteiger partial charge in [0.15, 0.2) is 0 Å². The number of hydrogen-bond donors (Lipinski definition) is 1. The molecule has 1 aliphatic carbocycles. The van der Waals surface area contributed by atoms with Crippen molar-refractivity contribution >= 4 is 3.81 Å². The zero-order valence-electron chi connectivity index (χ0n) is 16.7. The fraction of sp³-hybridized carbons (Fsp3) is 0.292. The molecule has 0 radical (unpaired) electrons. The van der Waals surface area contributed by atoms with E-state index < -0.39 is 0 Å². The van der Waals surface area contributed by atoms with Gasteiger partial charge in [-0.15, -0.1) is 6.92 Å². The number of phenolic OH excluding ortho intramolecular Hbond substituents is 1. The smallest absolute Gasteiger partial charge is 0.116 e. The SMILES string of the molecule is CC1=[C-]C(C)C(C)=C1C.C[C](C)=[Ti+].Oc1cccc(-c2ccccc2)c1. The number of phenols is 1. The molecule has 2 heteroatoms. The summed E-state index contributed by atoms with van der Waals surface area (Å²) in [5, 5.41) is 9.27. The molecule has 2 aromatic carbocycles. The van der Waals surface area contributed by atoms with Crippen molar-refractivity contribution in [3.8, 4) is 16.9 Å². The van der Waals surface area contributed by atoms with E-state index in [9.17, 15) is 5.11 Å². The maximum Gasteiger partial charge on any atom is 0.116 e. The van der Waals surface area contributed by atoms with Crippen LogP contribution in [0.5, 0.6) is 5.75 Å². The van der Waals surface area contributed by atoms with Crippen LogP contribution in [0.3, 0.4) is 0 Å². The van der Waals surface area contributed by atoms with Gasteiger partial charge in [-0.25, -0.2) is 5.57 Å². The summed E-state index contributed by atoms with van der Waals surface area (Å²) in [5.74, 6) is 0.867. The van der Waals surface area contributed by atoms with Gasteiger partial charge in [-0.1, -0.05) is 69.2 Å². The summed E-state index contributed by atoms with van der Waals surface area (Å²) in [5.41, 5.74) is 6.41. The van der Waals surface area contributed by atoms with Gasteiger partial charge in [0, 0.05) is 0 Å². The van der Waals surface area contributed by atoms with E-state index >= 15 is 0 Å². The molecule has 0 bridgehead atoms. The molecule has 0 aliphatic heterocycles. The van der Waals surface area contributed by atoms with E-state index in [0.29, 0.717) is 11.7 Å². The fourth-order valence-electron chi connectivity index (χ4n) is 2.48. The van der Waals surface area contributed by atoms with Gasteiger partial charge in [0.05, 0.1) is 0 Å². The topological polar surface area (TPSA) is 20.2 Å². The zero-order chi connectivity index (χ0) is 19.7. The van der Waals surface area contributed by atoms with Gasteiger partial charge < -0.3 is 5.11 Å². The fourth-order valence-corrected chi connectivity index (χ4v) is 2.48. The van der Waals surface area contributed by atoms with Crippen LogP contribution in [-0.2, 0) is 20.0 Å². The molecule has 0 saturated carbocycles. The van der Waals surface area contributed by atoms with Gasteiger partial charge in [-0.05, 0) is 23.3 Å². The van der Waals surface area contributed by atoms with Crippen molar-refractivity contribution < 1.29 is 25.1 Å². The molecule has 0 amide bonds. The van der Waals surface area contributed by atoms with Crippen LogP contribution < -0.4 is 0 Å². The Bertz CT molecular complexity index is 781. The summed E-state index contributed by atoms with van der Waals surface area (Å²) in [6, 6.07) is 17.3. The minimum atomic E-state index is 0.307. The first-order valence-electron chi connectivity index (χ1n) is 8.86. The van der Waals surface area contributed by atoms with E-state index in [1.807, 2.05) is 42.5 Å². The summed E-state index contributed by atoms with van der Waals surface area (Å²) in [7, 11) is 0. The second kappa shape index (κ2) is 11.1. The molecule has 0 spiro atoms. The van der Waals surface area contributed by atoms with Crippen LogP contribution in [0.2, 0.25) is 0 Å². The van der Waals surface area contributed by atoms with E-state index in [-0.39, 0.29) is 0 Å². The maximum absolute atomic E-state index is 9.27. The molecule has 1 unspecified atom stereocenters. The van der Waals surface area contributed by atoms with E-state index in [0.717, 1.165) is 11.1 Å². The van der Waals surface area contributed by atoms with Crippen molar-refractivity contribution in [1.29, 1.82) is 0 Å². The van der Waals surface area contributed by atoms with E-state index in [1.54, 1.807) is 12.1 Å². The van der Waals surface area contributed by atoms with Crippen LogP contribution in [0.25, 0.3) is 11.1 Å². The third-order valence-electron chi connectivity index (χ3n) is 4.19. The predicted octanol–water partition coefficient (Wildman–Crippen LogP) is 6.53. The first-order chi connectivity index (χ1) is 12.2. The normalized spacial score (nSPS) is 15.4. The van der Waals surface area contributed by atoms with Gasteiger partial charge in [-0.3, -0.25) is 6.08 Å². The molecular weight excluding hydrogens is 352 g/mol. The maximum atomic E-state index is 9.27.